The van der Waals surface area contributed by atoms with Crippen LogP contribution in [-0.4, -0.2) is 26.0 Å². The van der Waals surface area contributed by atoms with E-state index in [1.54, 1.807) is 0 Å². The number of ether oxygens (including phenoxy) is 4. The SMILES string of the molecule is CCCCCCCCCC(OC(OCC)(OCC)OCC)c1ccc(-c2cc(F)cc(F)c2)cc1. The van der Waals surface area contributed by atoms with E-state index in [0.29, 0.717) is 25.4 Å². The molecule has 196 valence electrons. The van der Waals surface area contributed by atoms with Crippen molar-refractivity contribution in [2.75, 3.05) is 19.8 Å². The van der Waals surface area contributed by atoms with Crippen LogP contribution in [0.3, 0.4) is 0 Å². The highest BCUT2D eigenvalue weighted by molar-refractivity contribution is 5.63. The minimum atomic E-state index is -1.57. The Hall–Kier alpha value is -1.86. The summed E-state index contributed by atoms with van der Waals surface area (Å²) in [6.45, 7) is 8.94. The van der Waals surface area contributed by atoms with Gasteiger partial charge in [0, 0.05) is 6.07 Å². The lowest BCUT2D eigenvalue weighted by Gasteiger charge is -2.34. The first-order valence-corrected chi connectivity index (χ1v) is 13.1. The van der Waals surface area contributed by atoms with Gasteiger partial charge in [-0.15, -0.1) is 0 Å². The molecule has 0 saturated heterocycles. The molecule has 2 rings (SSSR count). The second-order valence-electron chi connectivity index (χ2n) is 8.60. The summed E-state index contributed by atoms with van der Waals surface area (Å²) in [6, 6.07) is 11.1. The molecule has 0 bridgehead atoms. The predicted octanol–water partition coefficient (Wildman–Crippen LogP) is 8.55. The molecule has 2 aromatic rings. The normalized spacial score (nSPS) is 12.7. The molecule has 0 saturated carbocycles. The van der Waals surface area contributed by atoms with Crippen LogP contribution in [0.1, 0.15) is 90.7 Å². The maximum atomic E-state index is 13.7. The zero-order valence-corrected chi connectivity index (χ0v) is 21.8. The van der Waals surface area contributed by atoms with E-state index in [-0.39, 0.29) is 6.10 Å². The Kier molecular flexibility index (Phi) is 13.4. The maximum Gasteiger partial charge on any atom is 0.413 e. The van der Waals surface area contributed by atoms with Gasteiger partial charge in [-0.1, -0.05) is 76.1 Å². The molecule has 0 spiro atoms. The van der Waals surface area contributed by atoms with Crippen LogP contribution in [0.15, 0.2) is 42.5 Å². The Bertz CT molecular complexity index is 804. The first-order chi connectivity index (χ1) is 17.0. The minimum absolute atomic E-state index is 0.325. The minimum Gasteiger partial charge on any atom is -0.304 e. The van der Waals surface area contributed by atoms with Gasteiger partial charge in [0.2, 0.25) is 0 Å². The smallest absolute Gasteiger partial charge is 0.304 e. The topological polar surface area (TPSA) is 36.9 Å². The van der Waals surface area contributed by atoms with Crippen LogP contribution in [-0.2, 0) is 18.9 Å². The van der Waals surface area contributed by atoms with Gasteiger partial charge < -0.3 is 14.2 Å². The highest BCUT2D eigenvalue weighted by Gasteiger charge is 2.38. The molecule has 0 aliphatic heterocycles. The van der Waals surface area contributed by atoms with Crippen LogP contribution in [0.2, 0.25) is 0 Å². The largest absolute Gasteiger partial charge is 0.413 e. The van der Waals surface area contributed by atoms with E-state index in [0.717, 1.165) is 36.5 Å². The number of halogens is 2. The fraction of sp³-hybridized carbons (Fsp3) is 0.586. The van der Waals surface area contributed by atoms with Gasteiger partial charge >= 0.3 is 6.16 Å². The lowest BCUT2D eigenvalue weighted by Crippen LogP contribution is -2.43. The van der Waals surface area contributed by atoms with Gasteiger partial charge in [0.25, 0.3) is 0 Å². The second-order valence-corrected chi connectivity index (χ2v) is 8.60. The number of hydrogen-bond donors (Lipinski definition) is 0. The highest BCUT2D eigenvalue weighted by atomic mass is 19.1. The van der Waals surface area contributed by atoms with Crippen LogP contribution < -0.4 is 0 Å². The van der Waals surface area contributed by atoms with Gasteiger partial charge in [0.05, 0.1) is 25.9 Å². The molecular weight excluding hydrogens is 450 g/mol. The molecule has 4 nitrogen and oxygen atoms in total. The summed E-state index contributed by atoms with van der Waals surface area (Å²) < 4.78 is 51.2. The molecule has 0 aromatic heterocycles. The second kappa shape index (κ2) is 16.0. The molecule has 0 radical (unpaired) electrons. The van der Waals surface area contributed by atoms with Crippen molar-refractivity contribution in [3.05, 3.63) is 59.7 Å². The molecule has 0 amide bonds. The van der Waals surface area contributed by atoms with Gasteiger partial charge in [0.15, 0.2) is 0 Å². The molecule has 1 unspecified atom stereocenters. The average molecular weight is 493 g/mol. The third kappa shape index (κ3) is 9.96. The highest BCUT2D eigenvalue weighted by Crippen LogP contribution is 2.33. The number of unbranched alkanes of at least 4 members (excludes halogenated alkanes) is 6. The van der Waals surface area contributed by atoms with Crippen LogP contribution >= 0.6 is 0 Å². The molecular formula is C29H42F2O4. The van der Waals surface area contributed by atoms with Crippen molar-refractivity contribution >= 4 is 0 Å². The van der Waals surface area contributed by atoms with E-state index in [1.807, 2.05) is 45.0 Å². The number of hydrogen-bond acceptors (Lipinski definition) is 4. The van der Waals surface area contributed by atoms with Gasteiger partial charge in [-0.3, -0.25) is 4.74 Å². The van der Waals surface area contributed by atoms with Gasteiger partial charge in [-0.25, -0.2) is 8.78 Å². The molecule has 0 heterocycles. The van der Waals surface area contributed by atoms with E-state index in [9.17, 15) is 8.78 Å². The summed E-state index contributed by atoms with van der Waals surface area (Å²) >= 11 is 0. The standard InChI is InChI=1S/C29H42F2O4/c1-5-9-10-11-12-13-14-15-28(35-29(32-6-2,33-7-3)34-8-4)24-18-16-23(17-19-24)25-20-26(30)22-27(31)21-25/h16-22,28H,5-15H2,1-4H3. The molecule has 2 aromatic carbocycles. The summed E-state index contributed by atoms with van der Waals surface area (Å²) in [5.74, 6) is -1.20. The quantitative estimate of drug-likeness (QED) is 0.154. The number of rotatable bonds is 18. The molecule has 0 aliphatic rings. The fourth-order valence-corrected chi connectivity index (χ4v) is 4.12. The Morgan fingerprint density at radius 3 is 1.69 bits per heavy atom. The first kappa shape index (κ1) is 29.4. The van der Waals surface area contributed by atoms with Crippen LogP contribution in [0.25, 0.3) is 11.1 Å². The van der Waals surface area contributed by atoms with Crippen LogP contribution in [0, 0.1) is 11.6 Å². The Morgan fingerprint density at radius 1 is 0.657 bits per heavy atom. The van der Waals surface area contributed by atoms with Crippen molar-refractivity contribution in [3.63, 3.8) is 0 Å². The maximum absolute atomic E-state index is 13.7. The summed E-state index contributed by atoms with van der Waals surface area (Å²) in [4.78, 5) is 0. The van der Waals surface area contributed by atoms with Crippen molar-refractivity contribution in [3.8, 4) is 11.1 Å². The van der Waals surface area contributed by atoms with Gasteiger partial charge in [-0.05, 0) is 56.0 Å². The third-order valence-corrected chi connectivity index (χ3v) is 5.80. The van der Waals surface area contributed by atoms with Gasteiger partial charge in [0.1, 0.15) is 11.6 Å². The molecule has 0 N–H and O–H groups in total. The van der Waals surface area contributed by atoms with Crippen molar-refractivity contribution in [1.82, 2.24) is 0 Å². The van der Waals surface area contributed by atoms with E-state index in [2.05, 4.69) is 6.92 Å². The zero-order valence-electron chi connectivity index (χ0n) is 21.8. The van der Waals surface area contributed by atoms with Crippen molar-refractivity contribution in [1.29, 1.82) is 0 Å². The number of benzene rings is 2. The summed E-state index contributed by atoms with van der Waals surface area (Å²) in [7, 11) is 0. The Labute approximate surface area is 209 Å². The van der Waals surface area contributed by atoms with Crippen LogP contribution in [0.4, 0.5) is 8.78 Å². The fourth-order valence-electron chi connectivity index (χ4n) is 4.12. The van der Waals surface area contributed by atoms with E-state index in [4.69, 9.17) is 18.9 Å². The molecule has 0 fully saturated rings. The summed E-state index contributed by atoms with van der Waals surface area (Å²) in [5.41, 5.74) is 2.15. The lowest BCUT2D eigenvalue weighted by molar-refractivity contribution is -0.507. The van der Waals surface area contributed by atoms with Gasteiger partial charge in [-0.2, -0.15) is 0 Å². The lowest BCUT2D eigenvalue weighted by atomic mass is 9.98. The van der Waals surface area contributed by atoms with Crippen LogP contribution in [0.5, 0.6) is 0 Å². The molecule has 6 heteroatoms. The average Bonchev–Trinajstić information content (AvgIpc) is 2.83. The van der Waals surface area contributed by atoms with Crippen molar-refractivity contribution < 1.29 is 27.7 Å². The Morgan fingerprint density at radius 2 is 1.17 bits per heavy atom. The predicted molar refractivity (Wildman–Crippen MR) is 136 cm³/mol. The van der Waals surface area contributed by atoms with E-state index < -0.39 is 17.8 Å². The zero-order chi connectivity index (χ0) is 25.5. The monoisotopic (exact) mass is 492 g/mol. The van der Waals surface area contributed by atoms with E-state index >= 15 is 0 Å². The van der Waals surface area contributed by atoms with Crippen molar-refractivity contribution in [2.45, 2.75) is 91.3 Å². The molecule has 1 atom stereocenters. The third-order valence-electron chi connectivity index (χ3n) is 5.80. The molecule has 0 aliphatic carbocycles. The molecule has 35 heavy (non-hydrogen) atoms. The van der Waals surface area contributed by atoms with Crippen molar-refractivity contribution in [2.24, 2.45) is 0 Å². The van der Waals surface area contributed by atoms with E-state index in [1.165, 1.54) is 44.2 Å². The first-order valence-electron chi connectivity index (χ1n) is 13.1. The summed E-state index contributed by atoms with van der Waals surface area (Å²) in [6.07, 6.45) is 7.24. The summed E-state index contributed by atoms with van der Waals surface area (Å²) in [5, 5.41) is 0. The Balaban J connectivity index is 2.21.